The van der Waals surface area contributed by atoms with E-state index in [-0.39, 0.29) is 5.41 Å². The number of hydrogen-bond acceptors (Lipinski definition) is 0. The molecule has 1 heteroatoms. The zero-order valence-corrected chi connectivity index (χ0v) is 7.28. The molecule has 0 aromatic heterocycles. The standard InChI is InChI=1S/C9H13Cl/c1-8-5-3-4-6-9(8,2)7-10/h3-5H,6-7H2,1-2H3. The smallest absolute Gasteiger partial charge is 0.0317 e. The minimum Gasteiger partial charge on any atom is -0.126 e. The van der Waals surface area contributed by atoms with Gasteiger partial charge in [-0.05, 0) is 13.3 Å². The van der Waals surface area contributed by atoms with Gasteiger partial charge in [-0.15, -0.1) is 11.6 Å². The monoisotopic (exact) mass is 156 g/mol. The summed E-state index contributed by atoms with van der Waals surface area (Å²) in [5, 5.41) is 0. The van der Waals surface area contributed by atoms with Crippen LogP contribution < -0.4 is 0 Å². The molecule has 0 nitrogen and oxygen atoms in total. The highest BCUT2D eigenvalue weighted by Crippen LogP contribution is 2.34. The first kappa shape index (κ1) is 7.87. The molecule has 0 radical (unpaired) electrons. The fourth-order valence-electron chi connectivity index (χ4n) is 1.06. The van der Waals surface area contributed by atoms with Gasteiger partial charge in [-0.3, -0.25) is 0 Å². The van der Waals surface area contributed by atoms with Crippen LogP contribution in [0.1, 0.15) is 20.3 Å². The van der Waals surface area contributed by atoms with Crippen molar-refractivity contribution >= 4 is 11.6 Å². The van der Waals surface area contributed by atoms with Crippen molar-refractivity contribution in [3.05, 3.63) is 23.8 Å². The predicted octanol–water partition coefficient (Wildman–Crippen LogP) is 3.14. The van der Waals surface area contributed by atoms with Crippen molar-refractivity contribution in [3.8, 4) is 0 Å². The van der Waals surface area contributed by atoms with E-state index in [0.29, 0.717) is 0 Å². The first-order valence-corrected chi connectivity index (χ1v) is 4.12. The zero-order chi connectivity index (χ0) is 7.61. The number of alkyl halides is 1. The summed E-state index contributed by atoms with van der Waals surface area (Å²) in [7, 11) is 0. The van der Waals surface area contributed by atoms with Gasteiger partial charge in [0.25, 0.3) is 0 Å². The van der Waals surface area contributed by atoms with Crippen LogP contribution in [0, 0.1) is 5.41 Å². The number of allylic oxidation sites excluding steroid dienone is 4. The van der Waals surface area contributed by atoms with Crippen LogP contribution in [0.3, 0.4) is 0 Å². The Morgan fingerprint density at radius 2 is 2.40 bits per heavy atom. The van der Waals surface area contributed by atoms with Crippen LogP contribution in [0.4, 0.5) is 0 Å². The summed E-state index contributed by atoms with van der Waals surface area (Å²) in [4.78, 5) is 0. The Morgan fingerprint density at radius 1 is 1.70 bits per heavy atom. The molecule has 0 fully saturated rings. The molecule has 0 amide bonds. The van der Waals surface area contributed by atoms with Crippen LogP contribution >= 0.6 is 11.6 Å². The highest BCUT2D eigenvalue weighted by atomic mass is 35.5. The predicted molar refractivity (Wildman–Crippen MR) is 46.3 cm³/mol. The van der Waals surface area contributed by atoms with Gasteiger partial charge in [-0.25, -0.2) is 0 Å². The van der Waals surface area contributed by atoms with E-state index in [4.69, 9.17) is 11.6 Å². The van der Waals surface area contributed by atoms with Crippen LogP contribution in [0.5, 0.6) is 0 Å². The van der Waals surface area contributed by atoms with Gasteiger partial charge in [0.1, 0.15) is 0 Å². The van der Waals surface area contributed by atoms with Gasteiger partial charge in [0.2, 0.25) is 0 Å². The molecule has 0 saturated heterocycles. The van der Waals surface area contributed by atoms with Crippen molar-refractivity contribution in [2.24, 2.45) is 5.41 Å². The SMILES string of the molecule is CC1=CC=CCC1(C)CCl. The molecule has 1 rings (SSSR count). The minimum absolute atomic E-state index is 0.219. The highest BCUT2D eigenvalue weighted by Gasteiger charge is 2.24. The molecule has 10 heavy (non-hydrogen) atoms. The van der Waals surface area contributed by atoms with Crippen LogP contribution in [0.15, 0.2) is 23.8 Å². The second kappa shape index (κ2) is 2.79. The molecule has 56 valence electrons. The third kappa shape index (κ3) is 1.27. The fourth-order valence-corrected chi connectivity index (χ4v) is 1.38. The van der Waals surface area contributed by atoms with Gasteiger partial charge in [0.15, 0.2) is 0 Å². The molecule has 0 aromatic carbocycles. The molecule has 1 aliphatic carbocycles. The molecule has 0 spiro atoms. The molecule has 1 unspecified atom stereocenters. The van der Waals surface area contributed by atoms with Gasteiger partial charge in [-0.2, -0.15) is 0 Å². The van der Waals surface area contributed by atoms with E-state index in [1.807, 2.05) is 0 Å². The maximum Gasteiger partial charge on any atom is 0.0317 e. The molecule has 0 saturated carbocycles. The third-order valence-corrected chi connectivity index (χ3v) is 2.89. The molecular weight excluding hydrogens is 144 g/mol. The van der Waals surface area contributed by atoms with Gasteiger partial charge in [0.05, 0.1) is 0 Å². The number of halogens is 1. The van der Waals surface area contributed by atoms with Crippen LogP contribution in [-0.2, 0) is 0 Å². The van der Waals surface area contributed by atoms with Gasteiger partial charge < -0.3 is 0 Å². The van der Waals surface area contributed by atoms with Crippen LogP contribution in [0.2, 0.25) is 0 Å². The van der Waals surface area contributed by atoms with Crippen LogP contribution in [-0.4, -0.2) is 5.88 Å². The summed E-state index contributed by atoms with van der Waals surface area (Å²) in [6.07, 6.45) is 7.50. The van der Waals surface area contributed by atoms with E-state index in [2.05, 4.69) is 32.1 Å². The molecule has 0 aliphatic heterocycles. The lowest BCUT2D eigenvalue weighted by Crippen LogP contribution is -2.20. The summed E-state index contributed by atoms with van der Waals surface area (Å²) in [5.41, 5.74) is 1.61. The van der Waals surface area contributed by atoms with Gasteiger partial charge in [0, 0.05) is 11.3 Å². The van der Waals surface area contributed by atoms with Crippen molar-refractivity contribution in [1.82, 2.24) is 0 Å². The molecule has 0 N–H and O–H groups in total. The Labute approximate surface area is 67.6 Å². The Bertz CT molecular complexity index is 179. The Kier molecular flexibility index (Phi) is 2.20. The summed E-state index contributed by atoms with van der Waals surface area (Å²) in [5.74, 6) is 0.722. The summed E-state index contributed by atoms with van der Waals surface area (Å²) in [6.45, 7) is 4.35. The van der Waals surface area contributed by atoms with Crippen LogP contribution in [0.25, 0.3) is 0 Å². The van der Waals surface area contributed by atoms with Gasteiger partial charge in [-0.1, -0.05) is 30.7 Å². The van der Waals surface area contributed by atoms with Crippen molar-refractivity contribution in [3.63, 3.8) is 0 Å². The van der Waals surface area contributed by atoms with E-state index in [0.717, 1.165) is 12.3 Å². The molecule has 1 atom stereocenters. The lowest BCUT2D eigenvalue weighted by molar-refractivity contribution is 0.456. The van der Waals surface area contributed by atoms with Crippen molar-refractivity contribution < 1.29 is 0 Å². The second-order valence-electron chi connectivity index (χ2n) is 3.18. The zero-order valence-electron chi connectivity index (χ0n) is 6.52. The van der Waals surface area contributed by atoms with Crippen molar-refractivity contribution in [2.45, 2.75) is 20.3 Å². The molecule has 0 heterocycles. The largest absolute Gasteiger partial charge is 0.126 e. The van der Waals surface area contributed by atoms with Gasteiger partial charge >= 0.3 is 0 Å². The average Bonchev–Trinajstić information content (AvgIpc) is 1.96. The summed E-state index contributed by atoms with van der Waals surface area (Å²) in [6, 6.07) is 0. The Morgan fingerprint density at radius 3 is 2.80 bits per heavy atom. The fraction of sp³-hybridized carbons (Fsp3) is 0.556. The lowest BCUT2D eigenvalue weighted by Gasteiger charge is -2.28. The Balaban J connectivity index is 2.81. The maximum atomic E-state index is 5.84. The molecule has 0 bridgehead atoms. The number of hydrogen-bond donors (Lipinski definition) is 0. The molecule has 1 aliphatic rings. The van der Waals surface area contributed by atoms with Crippen molar-refractivity contribution in [2.75, 3.05) is 5.88 Å². The maximum absolute atomic E-state index is 5.84. The van der Waals surface area contributed by atoms with E-state index >= 15 is 0 Å². The van der Waals surface area contributed by atoms with E-state index in [9.17, 15) is 0 Å². The second-order valence-corrected chi connectivity index (χ2v) is 3.44. The average molecular weight is 157 g/mol. The first-order chi connectivity index (χ1) is 4.69. The quantitative estimate of drug-likeness (QED) is 0.512. The summed E-state index contributed by atoms with van der Waals surface area (Å²) < 4.78 is 0. The van der Waals surface area contributed by atoms with E-state index in [1.54, 1.807) is 0 Å². The Hall–Kier alpha value is -0.230. The normalized spacial score (nSPS) is 32.1. The van der Waals surface area contributed by atoms with E-state index < -0.39 is 0 Å². The lowest BCUT2D eigenvalue weighted by atomic mass is 9.79. The highest BCUT2D eigenvalue weighted by molar-refractivity contribution is 6.18. The third-order valence-electron chi connectivity index (χ3n) is 2.30. The molecule has 0 aromatic rings. The molecular formula is C9H13Cl. The first-order valence-electron chi connectivity index (χ1n) is 3.59. The minimum atomic E-state index is 0.219. The van der Waals surface area contributed by atoms with Crippen molar-refractivity contribution in [1.29, 1.82) is 0 Å². The number of rotatable bonds is 1. The topological polar surface area (TPSA) is 0 Å². The van der Waals surface area contributed by atoms with E-state index in [1.165, 1.54) is 5.57 Å². The summed E-state index contributed by atoms with van der Waals surface area (Å²) >= 11 is 5.84.